The van der Waals surface area contributed by atoms with Crippen molar-refractivity contribution in [2.24, 2.45) is 0 Å². The summed E-state index contributed by atoms with van der Waals surface area (Å²) in [6.45, 7) is 14.7. The van der Waals surface area contributed by atoms with Crippen LogP contribution in [0.5, 0.6) is 0 Å². The second-order valence-corrected chi connectivity index (χ2v) is 6.70. The van der Waals surface area contributed by atoms with Gasteiger partial charge >= 0.3 is 33.0 Å². The molecule has 0 bridgehead atoms. The Labute approximate surface area is 111 Å². The zero-order chi connectivity index (χ0) is 15.9. The summed E-state index contributed by atoms with van der Waals surface area (Å²) in [4.78, 5) is 0. The number of rotatable bonds is 7. The fourth-order valence-corrected chi connectivity index (χ4v) is 2.23. The molecule has 0 amide bonds. The monoisotopic (exact) mass is 317 g/mol. The van der Waals surface area contributed by atoms with Crippen LogP contribution >= 0.6 is 7.81 Å². The van der Waals surface area contributed by atoms with Crippen molar-refractivity contribution in [1.82, 2.24) is 0 Å². The predicted octanol–water partition coefficient (Wildman–Crippen LogP) is 6.44. The van der Waals surface area contributed by atoms with Crippen molar-refractivity contribution in [3.8, 4) is 0 Å². The normalized spacial score (nSPS) is 16.1. The Bertz CT molecular complexity index is 219. The maximum absolute atomic E-state index is 10.7. The molecular weight excluding hydrogens is 291 g/mol. The Morgan fingerprint density at radius 3 is 0.947 bits per heavy atom. The number of halogens is 6. The van der Waals surface area contributed by atoms with Gasteiger partial charge in [0, 0.05) is 0 Å². The van der Waals surface area contributed by atoms with Crippen LogP contribution in [0.1, 0.15) is 47.0 Å². The molecule has 0 radical (unpaired) electrons. The first-order valence-electron chi connectivity index (χ1n) is 6.61. The van der Waals surface area contributed by atoms with E-state index in [4.69, 9.17) is 0 Å². The third-order valence-corrected chi connectivity index (χ3v) is 2.76. The fraction of sp³-hybridized carbons (Fsp3) is 1.00. The van der Waals surface area contributed by atoms with E-state index in [1.165, 1.54) is 49.9 Å². The first kappa shape index (κ1) is 21.3. The predicted molar refractivity (Wildman–Crippen MR) is 69.8 cm³/mol. The maximum atomic E-state index is 9.87. The van der Waals surface area contributed by atoms with Crippen LogP contribution in [0.15, 0.2) is 0 Å². The number of quaternary nitrogens is 1. The summed E-state index contributed by atoms with van der Waals surface area (Å²) in [5.74, 6) is 0. The van der Waals surface area contributed by atoms with Crippen LogP contribution in [-0.2, 0) is 0 Å². The molecule has 0 unspecified atom stereocenters. The van der Waals surface area contributed by atoms with Crippen molar-refractivity contribution in [1.29, 1.82) is 0 Å². The molecule has 0 saturated carbocycles. The second-order valence-electron chi connectivity index (χ2n) is 4.79. The van der Waals surface area contributed by atoms with E-state index in [1.54, 1.807) is 0 Å². The topological polar surface area (TPSA) is 0 Å². The Morgan fingerprint density at radius 1 is 0.632 bits per heavy atom. The summed E-state index contributed by atoms with van der Waals surface area (Å²) in [7, 11) is -10.7. The van der Waals surface area contributed by atoms with Gasteiger partial charge in [-0.25, -0.2) is 0 Å². The van der Waals surface area contributed by atoms with Crippen LogP contribution in [0, 0.1) is 0 Å². The zero-order valence-corrected chi connectivity index (χ0v) is 13.0. The van der Waals surface area contributed by atoms with Gasteiger partial charge in [-0.2, -0.15) is 0 Å². The minimum atomic E-state index is -10.7. The summed E-state index contributed by atoms with van der Waals surface area (Å²) < 4.78 is 60.5. The van der Waals surface area contributed by atoms with Gasteiger partial charge in [0.2, 0.25) is 0 Å². The number of nitrogens with zero attached hydrogens (tertiary/aromatic N) is 1. The average Bonchev–Trinajstić information content (AvgIpc) is 2.14. The van der Waals surface area contributed by atoms with Gasteiger partial charge in [0.05, 0.1) is 26.2 Å². The van der Waals surface area contributed by atoms with Crippen molar-refractivity contribution in [3.63, 3.8) is 0 Å². The SMILES string of the molecule is CCC[N+](CC)(CCC)CCC.F[P-](F)(F)(F)(F)F. The van der Waals surface area contributed by atoms with Crippen molar-refractivity contribution >= 4 is 7.81 Å². The third-order valence-electron chi connectivity index (χ3n) is 2.76. The first-order valence-corrected chi connectivity index (χ1v) is 8.64. The van der Waals surface area contributed by atoms with Crippen LogP contribution in [-0.4, -0.2) is 30.7 Å². The Kier molecular flexibility index (Phi) is 7.41. The van der Waals surface area contributed by atoms with Crippen molar-refractivity contribution < 1.29 is 29.7 Å². The molecule has 0 N–H and O–H groups in total. The molecule has 0 spiro atoms. The van der Waals surface area contributed by atoms with E-state index in [2.05, 4.69) is 27.7 Å². The van der Waals surface area contributed by atoms with E-state index in [-0.39, 0.29) is 0 Å². The van der Waals surface area contributed by atoms with Gasteiger partial charge in [0.25, 0.3) is 0 Å². The zero-order valence-electron chi connectivity index (χ0n) is 12.1. The molecule has 0 rings (SSSR count). The van der Waals surface area contributed by atoms with Crippen molar-refractivity contribution in [2.75, 3.05) is 26.2 Å². The summed E-state index contributed by atoms with van der Waals surface area (Å²) in [6, 6.07) is 0. The van der Waals surface area contributed by atoms with E-state index >= 15 is 0 Å². The van der Waals surface area contributed by atoms with E-state index in [0.29, 0.717) is 0 Å². The standard InChI is InChI=1S/C11H26N.F6P/c1-5-9-12(8-4,10-6-2)11-7-3;1-7(2,3,4,5)6/h5-11H2,1-4H3;/q+1;-1. The van der Waals surface area contributed by atoms with Crippen LogP contribution in [0.3, 0.4) is 0 Å². The van der Waals surface area contributed by atoms with E-state index in [9.17, 15) is 25.2 Å². The molecule has 122 valence electrons. The molecule has 0 fully saturated rings. The van der Waals surface area contributed by atoms with Crippen LogP contribution in [0.4, 0.5) is 25.2 Å². The van der Waals surface area contributed by atoms with E-state index in [0.717, 1.165) is 0 Å². The summed E-state index contributed by atoms with van der Waals surface area (Å²) in [6.07, 6.45) is 3.98. The fourth-order valence-electron chi connectivity index (χ4n) is 2.23. The van der Waals surface area contributed by atoms with Crippen molar-refractivity contribution in [3.05, 3.63) is 0 Å². The van der Waals surface area contributed by atoms with E-state index < -0.39 is 7.81 Å². The van der Waals surface area contributed by atoms with E-state index in [1.807, 2.05) is 0 Å². The van der Waals surface area contributed by atoms with Gasteiger partial charge in [0.1, 0.15) is 0 Å². The molecule has 0 aromatic heterocycles. The van der Waals surface area contributed by atoms with Gasteiger partial charge in [-0.1, -0.05) is 20.8 Å². The number of hydrogen-bond acceptors (Lipinski definition) is 0. The summed E-state index contributed by atoms with van der Waals surface area (Å²) in [5, 5.41) is 0. The van der Waals surface area contributed by atoms with Gasteiger partial charge in [-0.3, -0.25) is 0 Å². The minimum absolute atomic E-state index is 1.32. The molecule has 0 atom stereocenters. The Morgan fingerprint density at radius 2 is 0.842 bits per heavy atom. The summed E-state index contributed by atoms with van der Waals surface area (Å²) >= 11 is 0. The molecule has 0 aliphatic rings. The summed E-state index contributed by atoms with van der Waals surface area (Å²) in [5.41, 5.74) is 0. The first-order chi connectivity index (χ1) is 8.19. The quantitative estimate of drug-likeness (QED) is 0.288. The van der Waals surface area contributed by atoms with Crippen LogP contribution in [0.2, 0.25) is 0 Å². The van der Waals surface area contributed by atoms with Gasteiger partial charge in [-0.05, 0) is 26.2 Å². The molecule has 0 aromatic carbocycles. The second kappa shape index (κ2) is 6.61. The molecule has 19 heavy (non-hydrogen) atoms. The van der Waals surface area contributed by atoms with Gasteiger partial charge < -0.3 is 4.48 Å². The average molecular weight is 317 g/mol. The Balaban J connectivity index is 0. The van der Waals surface area contributed by atoms with Crippen molar-refractivity contribution in [2.45, 2.75) is 47.0 Å². The molecule has 0 heterocycles. The number of hydrogen-bond donors (Lipinski definition) is 0. The van der Waals surface area contributed by atoms with Gasteiger partial charge in [0.15, 0.2) is 0 Å². The molecule has 0 saturated heterocycles. The molecule has 0 aliphatic heterocycles. The van der Waals surface area contributed by atoms with Crippen LogP contribution in [0.25, 0.3) is 0 Å². The van der Waals surface area contributed by atoms with Crippen LogP contribution < -0.4 is 0 Å². The molecule has 8 heteroatoms. The Hall–Kier alpha value is -0.0300. The molecule has 0 aliphatic carbocycles. The molecular formula is C11H26F6NP. The third kappa shape index (κ3) is 20.5. The van der Waals surface area contributed by atoms with Gasteiger partial charge in [-0.15, -0.1) is 0 Å². The molecule has 0 aromatic rings. The molecule has 1 nitrogen and oxygen atoms in total.